The topological polar surface area (TPSA) is 66.5 Å². The normalized spacial score (nSPS) is 11.2. The maximum absolute atomic E-state index is 12.4. The fraction of sp³-hybridized carbons (Fsp3) is 0.316. The van der Waals surface area contributed by atoms with Crippen LogP contribution in [0.4, 0.5) is 5.69 Å². The summed E-state index contributed by atoms with van der Waals surface area (Å²) in [6.07, 6.45) is 1.14. The van der Waals surface area contributed by atoms with Crippen molar-refractivity contribution >= 4 is 33.4 Å². The summed E-state index contributed by atoms with van der Waals surface area (Å²) in [5.74, 6) is 1.53. The van der Waals surface area contributed by atoms with Gasteiger partial charge in [-0.05, 0) is 30.2 Å². The van der Waals surface area contributed by atoms with E-state index in [0.29, 0.717) is 23.4 Å². The van der Waals surface area contributed by atoms with Gasteiger partial charge in [-0.3, -0.25) is 9.10 Å². The van der Waals surface area contributed by atoms with E-state index in [0.717, 1.165) is 17.8 Å². The Morgan fingerprint density at radius 1 is 1.12 bits per heavy atom. The third-order valence-corrected chi connectivity index (χ3v) is 6.25. The molecular formula is C19H24N2O3S2. The van der Waals surface area contributed by atoms with E-state index in [1.54, 1.807) is 36.9 Å². The van der Waals surface area contributed by atoms with Crippen LogP contribution in [0.3, 0.4) is 0 Å². The van der Waals surface area contributed by atoms with Gasteiger partial charge < -0.3 is 5.32 Å². The van der Waals surface area contributed by atoms with E-state index in [-0.39, 0.29) is 5.91 Å². The van der Waals surface area contributed by atoms with Crippen molar-refractivity contribution in [3.05, 3.63) is 65.2 Å². The van der Waals surface area contributed by atoms with Crippen LogP contribution in [0, 0.1) is 6.92 Å². The van der Waals surface area contributed by atoms with E-state index in [1.165, 1.54) is 16.9 Å². The fourth-order valence-electron chi connectivity index (χ4n) is 2.49. The third-order valence-electron chi connectivity index (χ3n) is 4.03. The number of nitrogens with one attached hydrogen (secondary N) is 1. The lowest BCUT2D eigenvalue weighted by Gasteiger charge is -2.20. The average Bonchev–Trinajstić information content (AvgIpc) is 2.61. The summed E-state index contributed by atoms with van der Waals surface area (Å²) in [6.45, 7) is 2.32. The lowest BCUT2D eigenvalue weighted by Crippen LogP contribution is -2.29. The summed E-state index contributed by atoms with van der Waals surface area (Å²) < 4.78 is 24.7. The van der Waals surface area contributed by atoms with Crippen LogP contribution in [0.25, 0.3) is 0 Å². The first-order chi connectivity index (χ1) is 12.3. The molecule has 0 spiro atoms. The largest absolute Gasteiger partial charge is 0.351 e. The van der Waals surface area contributed by atoms with E-state index in [2.05, 4.69) is 17.4 Å². The Labute approximate surface area is 159 Å². The minimum atomic E-state index is -3.37. The van der Waals surface area contributed by atoms with Gasteiger partial charge in [-0.15, -0.1) is 0 Å². The van der Waals surface area contributed by atoms with Crippen LogP contribution in [0.2, 0.25) is 0 Å². The highest BCUT2D eigenvalue weighted by Gasteiger charge is 2.18. The molecule has 2 aromatic carbocycles. The zero-order chi connectivity index (χ0) is 19.2. The number of hydrogen-bond acceptors (Lipinski definition) is 4. The number of anilines is 1. The second-order valence-corrected chi connectivity index (χ2v) is 9.09. The molecule has 1 amide bonds. The molecule has 0 radical (unpaired) electrons. The van der Waals surface area contributed by atoms with Crippen LogP contribution < -0.4 is 9.62 Å². The number of rotatable bonds is 8. The second-order valence-electron chi connectivity index (χ2n) is 5.97. The van der Waals surface area contributed by atoms with Crippen molar-refractivity contribution < 1.29 is 13.2 Å². The summed E-state index contributed by atoms with van der Waals surface area (Å²) >= 11 is 1.76. The molecule has 1 N–H and O–H groups in total. The lowest BCUT2D eigenvalue weighted by atomic mass is 10.1. The summed E-state index contributed by atoms with van der Waals surface area (Å²) in [5.41, 5.74) is 2.91. The van der Waals surface area contributed by atoms with Gasteiger partial charge in [0.2, 0.25) is 10.0 Å². The molecule has 0 bridgehead atoms. The first-order valence-corrected chi connectivity index (χ1v) is 11.2. The van der Waals surface area contributed by atoms with Crippen molar-refractivity contribution in [2.45, 2.75) is 12.7 Å². The van der Waals surface area contributed by atoms with E-state index >= 15 is 0 Å². The maximum atomic E-state index is 12.4. The van der Waals surface area contributed by atoms with Crippen LogP contribution in [0.15, 0.2) is 48.5 Å². The average molecular weight is 393 g/mol. The Hall–Kier alpha value is -1.99. The van der Waals surface area contributed by atoms with Gasteiger partial charge >= 0.3 is 0 Å². The first kappa shape index (κ1) is 20.3. The molecule has 0 aliphatic heterocycles. The number of carbonyl (C=O) groups is 1. The summed E-state index contributed by atoms with van der Waals surface area (Å²) in [4.78, 5) is 12.4. The van der Waals surface area contributed by atoms with Crippen LogP contribution in [0.5, 0.6) is 0 Å². The molecule has 0 atom stereocenters. The SMILES string of the molecule is Cc1c(C(=O)NCCSCc2ccccc2)cccc1N(C)S(C)(=O)=O. The number of sulfonamides is 1. The molecule has 0 aliphatic carbocycles. The van der Waals surface area contributed by atoms with Gasteiger partial charge in [-0.25, -0.2) is 8.42 Å². The maximum Gasteiger partial charge on any atom is 0.251 e. The molecule has 0 aliphatic rings. The van der Waals surface area contributed by atoms with Gasteiger partial charge in [0.1, 0.15) is 0 Å². The highest BCUT2D eigenvalue weighted by atomic mass is 32.2. The predicted octanol–water partition coefficient (Wildman–Crippen LogP) is 3.05. The van der Waals surface area contributed by atoms with E-state index in [1.807, 2.05) is 18.2 Å². The van der Waals surface area contributed by atoms with Crippen LogP contribution >= 0.6 is 11.8 Å². The first-order valence-electron chi connectivity index (χ1n) is 8.24. The molecule has 0 aromatic heterocycles. The van der Waals surface area contributed by atoms with Gasteiger partial charge in [0, 0.05) is 30.7 Å². The fourth-order valence-corrected chi connectivity index (χ4v) is 3.86. The Bertz CT molecular complexity index is 852. The predicted molar refractivity (Wildman–Crippen MR) is 109 cm³/mol. The highest BCUT2D eigenvalue weighted by molar-refractivity contribution is 7.98. The van der Waals surface area contributed by atoms with Crippen molar-refractivity contribution in [2.24, 2.45) is 0 Å². The molecule has 0 unspecified atom stereocenters. The summed E-state index contributed by atoms with van der Waals surface area (Å²) in [7, 11) is -1.89. The van der Waals surface area contributed by atoms with Crippen LogP contribution in [-0.2, 0) is 15.8 Å². The van der Waals surface area contributed by atoms with E-state index < -0.39 is 10.0 Å². The molecule has 0 fully saturated rings. The minimum Gasteiger partial charge on any atom is -0.351 e. The van der Waals surface area contributed by atoms with E-state index in [4.69, 9.17) is 0 Å². The van der Waals surface area contributed by atoms with Crippen molar-refractivity contribution in [3.8, 4) is 0 Å². The third kappa shape index (κ3) is 5.51. The number of thioether (sulfide) groups is 1. The Kier molecular flexibility index (Phi) is 7.11. The van der Waals surface area contributed by atoms with Gasteiger partial charge in [0.25, 0.3) is 5.91 Å². The van der Waals surface area contributed by atoms with Gasteiger partial charge in [-0.1, -0.05) is 36.4 Å². The molecule has 2 rings (SSSR count). The van der Waals surface area contributed by atoms with Gasteiger partial charge in [0.05, 0.1) is 11.9 Å². The second kappa shape index (κ2) is 9.09. The van der Waals surface area contributed by atoms with Gasteiger partial charge in [0.15, 0.2) is 0 Å². The number of nitrogens with zero attached hydrogens (tertiary/aromatic N) is 1. The van der Waals surface area contributed by atoms with Crippen molar-refractivity contribution in [1.82, 2.24) is 5.32 Å². The van der Waals surface area contributed by atoms with Crippen LogP contribution in [-0.4, -0.2) is 39.9 Å². The lowest BCUT2D eigenvalue weighted by molar-refractivity contribution is 0.0955. The molecule has 0 heterocycles. The Balaban J connectivity index is 1.91. The Morgan fingerprint density at radius 3 is 2.46 bits per heavy atom. The number of hydrogen-bond donors (Lipinski definition) is 1. The molecule has 5 nitrogen and oxygen atoms in total. The van der Waals surface area contributed by atoms with Crippen molar-refractivity contribution in [1.29, 1.82) is 0 Å². The standard InChI is InChI=1S/C19H24N2O3S2/c1-15-17(10-7-11-18(15)21(2)26(3,23)24)19(22)20-12-13-25-14-16-8-5-4-6-9-16/h4-11H,12-14H2,1-3H3,(H,20,22). The number of benzene rings is 2. The zero-order valence-corrected chi connectivity index (χ0v) is 16.9. The van der Waals surface area contributed by atoms with Crippen LogP contribution in [0.1, 0.15) is 21.5 Å². The highest BCUT2D eigenvalue weighted by Crippen LogP contribution is 2.24. The smallest absolute Gasteiger partial charge is 0.251 e. The molecule has 2 aromatic rings. The minimum absolute atomic E-state index is 0.188. The Morgan fingerprint density at radius 2 is 1.81 bits per heavy atom. The van der Waals surface area contributed by atoms with Crippen molar-refractivity contribution in [3.63, 3.8) is 0 Å². The van der Waals surface area contributed by atoms with Gasteiger partial charge in [-0.2, -0.15) is 11.8 Å². The zero-order valence-electron chi connectivity index (χ0n) is 15.2. The van der Waals surface area contributed by atoms with E-state index in [9.17, 15) is 13.2 Å². The quantitative estimate of drug-likeness (QED) is 0.701. The molecular weight excluding hydrogens is 368 g/mol. The molecule has 26 heavy (non-hydrogen) atoms. The monoisotopic (exact) mass is 392 g/mol. The molecule has 0 saturated carbocycles. The molecule has 0 saturated heterocycles. The summed E-state index contributed by atoms with van der Waals surface area (Å²) in [5, 5.41) is 2.90. The number of carbonyl (C=O) groups excluding carboxylic acids is 1. The van der Waals surface area contributed by atoms with Crippen molar-refractivity contribution in [2.75, 3.05) is 29.9 Å². The number of amides is 1. The molecule has 7 heteroatoms. The molecule has 140 valence electrons. The summed E-state index contributed by atoms with van der Waals surface area (Å²) in [6, 6.07) is 15.3.